The molecule has 2 heterocycles. The van der Waals surface area contributed by atoms with Crippen molar-refractivity contribution in [2.45, 2.75) is 20.8 Å². The van der Waals surface area contributed by atoms with Gasteiger partial charge >= 0.3 is 24.0 Å². The van der Waals surface area contributed by atoms with Gasteiger partial charge in [-0.15, -0.1) is 22.7 Å². The van der Waals surface area contributed by atoms with Gasteiger partial charge in [0.05, 0.1) is 25.3 Å². The van der Waals surface area contributed by atoms with Crippen molar-refractivity contribution in [1.82, 2.24) is 0 Å². The zero-order valence-corrected chi connectivity index (χ0v) is 24.7. The lowest BCUT2D eigenvalue weighted by atomic mass is 10.2. The van der Waals surface area contributed by atoms with E-state index >= 15 is 0 Å². The molecule has 0 aliphatic heterocycles. The third-order valence-electron chi connectivity index (χ3n) is 5.32. The number of esters is 2. The van der Waals surface area contributed by atoms with Gasteiger partial charge in [0.15, 0.2) is 0 Å². The van der Waals surface area contributed by atoms with Crippen LogP contribution in [0.4, 0.5) is 31.0 Å². The number of benzene rings is 2. The number of methoxy groups -OCH3 is 2. The van der Waals surface area contributed by atoms with E-state index in [9.17, 15) is 19.2 Å². The van der Waals surface area contributed by atoms with Gasteiger partial charge in [0.25, 0.3) is 0 Å². The summed E-state index contributed by atoms with van der Waals surface area (Å²) in [6.45, 7) is 5.69. The molecule has 0 saturated carbocycles. The van der Waals surface area contributed by atoms with Crippen LogP contribution >= 0.6 is 22.7 Å². The molecule has 0 aliphatic rings. The molecule has 0 saturated heterocycles. The van der Waals surface area contributed by atoms with Gasteiger partial charge in [0, 0.05) is 21.1 Å². The summed E-state index contributed by atoms with van der Waals surface area (Å²) in [5.41, 5.74) is 3.20. The fourth-order valence-corrected chi connectivity index (χ4v) is 5.22. The maximum Gasteiger partial charge on any atom is 0.340 e. The Kier molecular flexibility index (Phi) is 11.0. The Morgan fingerprint density at radius 2 is 1.00 bits per heavy atom. The molecule has 2 aromatic carbocycles. The lowest BCUT2D eigenvalue weighted by molar-refractivity contribution is 0.0593. The van der Waals surface area contributed by atoms with Gasteiger partial charge < -0.3 is 20.1 Å². The number of ether oxygens (including phenoxy) is 2. The summed E-state index contributed by atoms with van der Waals surface area (Å²) in [5, 5.41) is 11.7. The molecule has 0 bridgehead atoms. The standard InChI is InChI=1S/C15H16N2O3S.C14H14N2O3S/c1-9-4-6-11(7-5-9)16-15(19)17-13-12(14(18)20-3)8-10(2)21-13;1-9-8-11(13(17)19-2)12(20-9)16-14(18)15-10-6-4-3-5-7-10/h4-8H,1-3H3,(H2,16,17,19);3-8H,1-2H3,(H2,15,16,18). The molecule has 4 N–H and O–H groups in total. The van der Waals surface area contributed by atoms with Crippen LogP contribution < -0.4 is 21.3 Å². The molecule has 0 aliphatic carbocycles. The summed E-state index contributed by atoms with van der Waals surface area (Å²) >= 11 is 2.65. The SMILES string of the molecule is COC(=O)c1cc(C)sc1NC(=O)Nc1ccc(C)cc1.COC(=O)c1cc(C)sc1NC(=O)Nc1ccccc1. The highest BCUT2D eigenvalue weighted by atomic mass is 32.1. The molecule has 0 atom stereocenters. The predicted octanol–water partition coefficient (Wildman–Crippen LogP) is 7.28. The second kappa shape index (κ2) is 14.6. The van der Waals surface area contributed by atoms with Gasteiger partial charge in [-0.05, 0) is 57.2 Å². The number of nitrogens with one attached hydrogen (secondary N) is 4. The number of hydrogen-bond donors (Lipinski definition) is 4. The monoisotopic (exact) mass is 594 g/mol. The maximum atomic E-state index is 12.0. The Morgan fingerprint density at radius 1 is 0.585 bits per heavy atom. The molecule has 0 unspecified atom stereocenters. The fourth-order valence-electron chi connectivity index (χ4n) is 3.43. The number of carbonyl (C=O) groups is 4. The number of hydrogen-bond acceptors (Lipinski definition) is 8. The van der Waals surface area contributed by atoms with Crippen molar-refractivity contribution < 1.29 is 28.7 Å². The summed E-state index contributed by atoms with van der Waals surface area (Å²) in [6.07, 6.45) is 0. The molecule has 0 radical (unpaired) electrons. The molecule has 2 aromatic heterocycles. The highest BCUT2D eigenvalue weighted by molar-refractivity contribution is 7.17. The van der Waals surface area contributed by atoms with Gasteiger partial charge in [-0.3, -0.25) is 10.6 Å². The van der Waals surface area contributed by atoms with Gasteiger partial charge in [-0.2, -0.15) is 0 Å². The van der Waals surface area contributed by atoms with Crippen molar-refractivity contribution in [2.75, 3.05) is 35.5 Å². The Bertz CT molecular complexity index is 1510. The summed E-state index contributed by atoms with van der Waals surface area (Å²) in [7, 11) is 2.62. The molecular formula is C29H30N4O6S2. The van der Waals surface area contributed by atoms with Crippen LogP contribution in [-0.2, 0) is 9.47 Å². The van der Waals surface area contributed by atoms with Crippen molar-refractivity contribution in [3.8, 4) is 0 Å². The third-order valence-corrected chi connectivity index (χ3v) is 7.25. The van der Waals surface area contributed by atoms with E-state index in [4.69, 9.17) is 4.74 Å². The largest absolute Gasteiger partial charge is 0.465 e. The van der Waals surface area contributed by atoms with Gasteiger partial charge in [-0.25, -0.2) is 19.2 Å². The van der Waals surface area contributed by atoms with E-state index in [0.717, 1.165) is 15.3 Å². The number of para-hydroxylation sites is 1. The Labute approximate surface area is 245 Å². The number of rotatable bonds is 6. The second-order valence-electron chi connectivity index (χ2n) is 8.57. The van der Waals surface area contributed by atoms with E-state index in [0.29, 0.717) is 32.5 Å². The quantitative estimate of drug-likeness (QED) is 0.173. The predicted molar refractivity (Wildman–Crippen MR) is 164 cm³/mol. The van der Waals surface area contributed by atoms with E-state index < -0.39 is 24.0 Å². The molecule has 0 fully saturated rings. The molecule has 4 rings (SSSR count). The number of urea groups is 2. The summed E-state index contributed by atoms with van der Waals surface area (Å²) < 4.78 is 9.39. The topological polar surface area (TPSA) is 135 Å². The van der Waals surface area contributed by atoms with Gasteiger partial charge in [0.1, 0.15) is 10.0 Å². The molecule has 41 heavy (non-hydrogen) atoms. The minimum absolute atomic E-state index is 0.359. The maximum absolute atomic E-state index is 12.0. The zero-order valence-electron chi connectivity index (χ0n) is 23.1. The van der Waals surface area contributed by atoms with Crippen molar-refractivity contribution in [1.29, 1.82) is 0 Å². The van der Waals surface area contributed by atoms with Crippen LogP contribution in [0.25, 0.3) is 0 Å². The van der Waals surface area contributed by atoms with Crippen molar-refractivity contribution in [2.24, 2.45) is 0 Å². The average Bonchev–Trinajstić information content (AvgIpc) is 3.50. The second-order valence-corrected chi connectivity index (χ2v) is 11.1. The van der Waals surface area contributed by atoms with E-state index in [2.05, 4.69) is 26.0 Å². The van der Waals surface area contributed by atoms with Crippen molar-refractivity contribution >= 4 is 68.1 Å². The van der Waals surface area contributed by atoms with Crippen LogP contribution in [0.15, 0.2) is 66.7 Å². The lowest BCUT2D eigenvalue weighted by Gasteiger charge is -2.07. The first-order chi connectivity index (χ1) is 19.6. The summed E-state index contributed by atoms with van der Waals surface area (Å²) in [5.74, 6) is -0.936. The Balaban J connectivity index is 0.000000226. The number of anilines is 4. The minimum atomic E-state index is -0.468. The van der Waals surface area contributed by atoms with Crippen LogP contribution in [0.1, 0.15) is 36.0 Å². The Hall–Kier alpha value is -4.68. The Morgan fingerprint density at radius 3 is 1.41 bits per heavy atom. The van der Waals surface area contributed by atoms with Crippen LogP contribution in [0.2, 0.25) is 0 Å². The highest BCUT2D eigenvalue weighted by Crippen LogP contribution is 2.29. The van der Waals surface area contributed by atoms with Crippen LogP contribution in [-0.4, -0.2) is 38.2 Å². The van der Waals surface area contributed by atoms with E-state index in [1.165, 1.54) is 36.9 Å². The number of thiophene rings is 2. The van der Waals surface area contributed by atoms with E-state index in [1.54, 1.807) is 24.3 Å². The van der Waals surface area contributed by atoms with Crippen molar-refractivity contribution in [3.63, 3.8) is 0 Å². The molecule has 4 aromatic rings. The zero-order chi connectivity index (χ0) is 29.9. The molecule has 10 nitrogen and oxygen atoms in total. The molecule has 0 spiro atoms. The fraction of sp³-hybridized carbons (Fsp3) is 0.172. The van der Waals surface area contributed by atoms with Crippen molar-refractivity contribution in [3.05, 3.63) is 93.2 Å². The average molecular weight is 595 g/mol. The summed E-state index contributed by atoms with van der Waals surface area (Å²) in [6, 6.07) is 19.1. The smallest absolute Gasteiger partial charge is 0.340 e. The number of carbonyl (C=O) groups excluding carboxylic acids is 4. The van der Waals surface area contributed by atoms with Gasteiger partial charge in [-0.1, -0.05) is 35.9 Å². The molecular weight excluding hydrogens is 564 g/mol. The first kappa shape index (κ1) is 30.9. The minimum Gasteiger partial charge on any atom is -0.465 e. The van der Waals surface area contributed by atoms with Crippen LogP contribution in [0, 0.1) is 20.8 Å². The first-order valence-corrected chi connectivity index (χ1v) is 13.9. The number of aryl methyl sites for hydroxylation is 3. The highest BCUT2D eigenvalue weighted by Gasteiger charge is 2.18. The lowest BCUT2D eigenvalue weighted by Crippen LogP contribution is -2.20. The summed E-state index contributed by atoms with van der Waals surface area (Å²) in [4.78, 5) is 48.9. The normalized spacial score (nSPS) is 9.98. The van der Waals surface area contributed by atoms with Crippen LogP contribution in [0.3, 0.4) is 0 Å². The molecule has 4 amide bonds. The third kappa shape index (κ3) is 9.19. The van der Waals surface area contributed by atoms with Gasteiger partial charge in [0.2, 0.25) is 0 Å². The first-order valence-electron chi connectivity index (χ1n) is 12.2. The van der Waals surface area contributed by atoms with E-state index in [-0.39, 0.29) is 0 Å². The van der Waals surface area contributed by atoms with E-state index in [1.807, 2.05) is 63.2 Å². The van der Waals surface area contributed by atoms with Crippen LogP contribution in [0.5, 0.6) is 0 Å². The molecule has 214 valence electrons. The molecule has 12 heteroatoms. The number of amides is 4.